The molecule has 2 aromatic carbocycles. The van der Waals surface area contributed by atoms with Crippen LogP contribution in [-0.2, 0) is 16.0 Å². The SMILES string of the molecule is CCC(C)c1ccccc1NC(=O)C(=O)NCCc1ccc(O)cc1. The zero-order chi connectivity index (χ0) is 18.2. The van der Waals surface area contributed by atoms with E-state index in [-0.39, 0.29) is 5.75 Å². The highest BCUT2D eigenvalue weighted by atomic mass is 16.3. The van der Waals surface area contributed by atoms with E-state index in [4.69, 9.17) is 0 Å². The molecule has 0 heterocycles. The van der Waals surface area contributed by atoms with Gasteiger partial charge in [-0.3, -0.25) is 9.59 Å². The Balaban J connectivity index is 1.88. The molecule has 0 radical (unpaired) electrons. The van der Waals surface area contributed by atoms with Gasteiger partial charge in [-0.1, -0.05) is 44.2 Å². The minimum atomic E-state index is -0.665. The Labute approximate surface area is 148 Å². The van der Waals surface area contributed by atoms with Gasteiger partial charge in [-0.25, -0.2) is 0 Å². The van der Waals surface area contributed by atoms with E-state index in [9.17, 15) is 14.7 Å². The average Bonchev–Trinajstić information content (AvgIpc) is 2.63. The van der Waals surface area contributed by atoms with Crippen molar-refractivity contribution in [1.29, 1.82) is 0 Å². The molecule has 0 spiro atoms. The van der Waals surface area contributed by atoms with Gasteiger partial charge in [0.05, 0.1) is 0 Å². The highest BCUT2D eigenvalue weighted by molar-refractivity contribution is 6.39. The van der Waals surface area contributed by atoms with E-state index in [2.05, 4.69) is 24.5 Å². The smallest absolute Gasteiger partial charge is 0.313 e. The van der Waals surface area contributed by atoms with Gasteiger partial charge in [0.2, 0.25) is 0 Å². The van der Waals surface area contributed by atoms with Gasteiger partial charge in [0, 0.05) is 12.2 Å². The first-order valence-electron chi connectivity index (χ1n) is 8.47. The fraction of sp³-hybridized carbons (Fsp3) is 0.300. The molecular weight excluding hydrogens is 316 g/mol. The summed E-state index contributed by atoms with van der Waals surface area (Å²) in [5.41, 5.74) is 2.67. The largest absolute Gasteiger partial charge is 0.508 e. The summed E-state index contributed by atoms with van der Waals surface area (Å²) in [6.45, 7) is 4.52. The van der Waals surface area contributed by atoms with Crippen LogP contribution in [0.15, 0.2) is 48.5 Å². The van der Waals surface area contributed by atoms with Gasteiger partial charge < -0.3 is 15.7 Å². The molecule has 0 saturated carbocycles. The summed E-state index contributed by atoms with van der Waals surface area (Å²) in [6, 6.07) is 14.3. The van der Waals surface area contributed by atoms with Gasteiger partial charge in [-0.05, 0) is 48.1 Å². The van der Waals surface area contributed by atoms with Crippen LogP contribution in [0.2, 0.25) is 0 Å². The lowest BCUT2D eigenvalue weighted by Crippen LogP contribution is -2.36. The number of phenolic OH excluding ortho intramolecular Hbond substituents is 1. The van der Waals surface area contributed by atoms with Crippen LogP contribution in [0.1, 0.15) is 37.3 Å². The van der Waals surface area contributed by atoms with Gasteiger partial charge in [0.1, 0.15) is 5.75 Å². The summed E-state index contributed by atoms with van der Waals surface area (Å²) >= 11 is 0. The third-order valence-electron chi connectivity index (χ3n) is 4.19. The third-order valence-corrected chi connectivity index (χ3v) is 4.19. The summed E-state index contributed by atoms with van der Waals surface area (Å²) in [6.07, 6.45) is 1.54. The molecule has 0 aliphatic heterocycles. The molecule has 2 amide bonds. The molecule has 25 heavy (non-hydrogen) atoms. The van der Waals surface area contributed by atoms with Gasteiger partial charge in [-0.2, -0.15) is 0 Å². The van der Waals surface area contributed by atoms with E-state index in [0.29, 0.717) is 24.6 Å². The Bertz CT molecular complexity index is 726. The number of amides is 2. The summed E-state index contributed by atoms with van der Waals surface area (Å²) < 4.78 is 0. The predicted molar refractivity (Wildman–Crippen MR) is 98.6 cm³/mol. The topological polar surface area (TPSA) is 78.4 Å². The number of carbonyl (C=O) groups excluding carboxylic acids is 2. The van der Waals surface area contributed by atoms with E-state index in [1.165, 1.54) is 0 Å². The van der Waals surface area contributed by atoms with Crippen molar-refractivity contribution in [3.63, 3.8) is 0 Å². The maximum absolute atomic E-state index is 12.1. The number of anilines is 1. The average molecular weight is 340 g/mol. The van der Waals surface area contributed by atoms with Crippen LogP contribution < -0.4 is 10.6 Å². The fourth-order valence-corrected chi connectivity index (χ4v) is 2.50. The van der Waals surface area contributed by atoms with E-state index in [1.54, 1.807) is 24.3 Å². The van der Waals surface area contributed by atoms with E-state index in [1.807, 2.05) is 24.3 Å². The van der Waals surface area contributed by atoms with Crippen LogP contribution in [0.5, 0.6) is 5.75 Å². The van der Waals surface area contributed by atoms with Gasteiger partial charge in [-0.15, -0.1) is 0 Å². The number of benzene rings is 2. The number of para-hydroxylation sites is 1. The third kappa shape index (κ3) is 5.35. The van der Waals surface area contributed by atoms with E-state index in [0.717, 1.165) is 17.5 Å². The fourth-order valence-electron chi connectivity index (χ4n) is 2.50. The molecule has 1 unspecified atom stereocenters. The lowest BCUT2D eigenvalue weighted by Gasteiger charge is -2.15. The minimum absolute atomic E-state index is 0.201. The lowest BCUT2D eigenvalue weighted by atomic mass is 9.97. The molecule has 5 nitrogen and oxygen atoms in total. The van der Waals surface area contributed by atoms with Crippen molar-refractivity contribution in [2.45, 2.75) is 32.6 Å². The Morgan fingerprint density at radius 3 is 2.40 bits per heavy atom. The Morgan fingerprint density at radius 1 is 1.04 bits per heavy atom. The lowest BCUT2D eigenvalue weighted by molar-refractivity contribution is -0.136. The van der Waals surface area contributed by atoms with E-state index >= 15 is 0 Å². The molecule has 2 rings (SSSR count). The van der Waals surface area contributed by atoms with Gasteiger partial charge in [0.15, 0.2) is 0 Å². The molecular formula is C20H24N2O3. The van der Waals surface area contributed by atoms with Crippen molar-refractivity contribution in [3.8, 4) is 5.75 Å². The summed E-state index contributed by atoms with van der Waals surface area (Å²) in [7, 11) is 0. The number of hydrogen-bond donors (Lipinski definition) is 3. The molecule has 0 fully saturated rings. The van der Waals surface area contributed by atoms with Crippen molar-refractivity contribution in [1.82, 2.24) is 5.32 Å². The normalized spacial score (nSPS) is 11.6. The maximum Gasteiger partial charge on any atom is 0.313 e. The molecule has 2 aromatic rings. The molecule has 1 atom stereocenters. The molecule has 0 bridgehead atoms. The van der Waals surface area contributed by atoms with Gasteiger partial charge >= 0.3 is 11.8 Å². The number of rotatable bonds is 6. The van der Waals surface area contributed by atoms with Crippen molar-refractivity contribution < 1.29 is 14.7 Å². The number of aromatic hydroxyl groups is 1. The number of phenols is 1. The maximum atomic E-state index is 12.1. The zero-order valence-corrected chi connectivity index (χ0v) is 14.6. The van der Waals surface area contributed by atoms with Crippen LogP contribution >= 0.6 is 0 Å². The highest BCUT2D eigenvalue weighted by Crippen LogP contribution is 2.26. The Hall–Kier alpha value is -2.82. The summed E-state index contributed by atoms with van der Waals surface area (Å²) in [4.78, 5) is 24.1. The van der Waals surface area contributed by atoms with E-state index < -0.39 is 11.8 Å². The monoisotopic (exact) mass is 340 g/mol. The molecule has 0 aromatic heterocycles. The van der Waals surface area contributed by atoms with Crippen molar-refractivity contribution in [2.75, 3.05) is 11.9 Å². The minimum Gasteiger partial charge on any atom is -0.508 e. The number of nitrogens with one attached hydrogen (secondary N) is 2. The first-order valence-corrected chi connectivity index (χ1v) is 8.47. The summed E-state index contributed by atoms with van der Waals surface area (Å²) in [5.74, 6) is -0.819. The second-order valence-corrected chi connectivity index (χ2v) is 6.02. The molecule has 3 N–H and O–H groups in total. The molecule has 132 valence electrons. The molecule has 5 heteroatoms. The van der Waals surface area contributed by atoms with Gasteiger partial charge in [0.25, 0.3) is 0 Å². The molecule has 0 aliphatic carbocycles. The standard InChI is InChI=1S/C20H24N2O3/c1-3-14(2)17-6-4-5-7-18(17)22-20(25)19(24)21-13-12-15-8-10-16(23)11-9-15/h4-11,14,23H,3,12-13H2,1-2H3,(H,21,24)(H,22,25). The molecule has 0 aliphatic rings. The van der Waals surface area contributed by atoms with Crippen LogP contribution in [0.25, 0.3) is 0 Å². The van der Waals surface area contributed by atoms with Crippen LogP contribution in [0, 0.1) is 0 Å². The quantitative estimate of drug-likeness (QED) is 0.707. The molecule has 0 saturated heterocycles. The van der Waals surface area contributed by atoms with Crippen molar-refractivity contribution in [2.24, 2.45) is 0 Å². The first kappa shape index (κ1) is 18.5. The number of carbonyl (C=O) groups is 2. The number of hydrogen-bond acceptors (Lipinski definition) is 3. The second kappa shape index (κ2) is 8.87. The highest BCUT2D eigenvalue weighted by Gasteiger charge is 2.16. The van der Waals surface area contributed by atoms with Crippen LogP contribution in [0.3, 0.4) is 0 Å². The van der Waals surface area contributed by atoms with Crippen LogP contribution in [-0.4, -0.2) is 23.5 Å². The summed E-state index contributed by atoms with van der Waals surface area (Å²) in [5, 5.41) is 14.6. The Morgan fingerprint density at radius 2 is 1.72 bits per heavy atom. The zero-order valence-electron chi connectivity index (χ0n) is 14.6. The van der Waals surface area contributed by atoms with Crippen molar-refractivity contribution in [3.05, 3.63) is 59.7 Å². The second-order valence-electron chi connectivity index (χ2n) is 6.02. The van der Waals surface area contributed by atoms with Crippen molar-refractivity contribution >= 4 is 17.5 Å². The van der Waals surface area contributed by atoms with Crippen LogP contribution in [0.4, 0.5) is 5.69 Å². The Kier molecular flexibility index (Phi) is 6.57. The predicted octanol–water partition coefficient (Wildman–Crippen LogP) is 3.20. The first-order chi connectivity index (χ1) is 12.0.